The number of rotatable bonds is 7. The molecule has 9 nitrogen and oxygen atoms in total. The summed E-state index contributed by atoms with van der Waals surface area (Å²) in [5.74, 6) is 2.91. The molecule has 0 bridgehead atoms. The molecule has 2 aromatic carbocycles. The van der Waals surface area contributed by atoms with Crippen molar-refractivity contribution in [3.8, 4) is 28.5 Å². The van der Waals surface area contributed by atoms with Gasteiger partial charge in [0.05, 0.1) is 7.11 Å². The van der Waals surface area contributed by atoms with E-state index < -0.39 is 5.91 Å². The topological polar surface area (TPSA) is 112 Å². The van der Waals surface area contributed by atoms with Gasteiger partial charge in [0.1, 0.15) is 28.8 Å². The van der Waals surface area contributed by atoms with Gasteiger partial charge in [-0.15, -0.1) is 0 Å². The van der Waals surface area contributed by atoms with Gasteiger partial charge >= 0.3 is 0 Å². The van der Waals surface area contributed by atoms with Crippen LogP contribution < -0.4 is 20.6 Å². The van der Waals surface area contributed by atoms with Crippen molar-refractivity contribution in [1.29, 1.82) is 0 Å². The molecule has 3 heterocycles. The van der Waals surface area contributed by atoms with Gasteiger partial charge < -0.3 is 25.5 Å². The maximum atomic E-state index is 12.6. The number of carbonyl (C=O) groups is 2. The van der Waals surface area contributed by atoms with Gasteiger partial charge in [-0.2, -0.15) is 0 Å². The molecule has 2 amide bonds. The van der Waals surface area contributed by atoms with E-state index in [1.54, 1.807) is 11.8 Å². The zero-order valence-corrected chi connectivity index (χ0v) is 20.9. The highest BCUT2D eigenvalue weighted by atomic mass is 16.5. The second-order valence-electron chi connectivity index (χ2n) is 9.34. The van der Waals surface area contributed by atoms with Gasteiger partial charge in [-0.05, 0) is 79.8 Å². The standard InChI is InChI=1S/C28H31N5O4/c1-3-24(34)32-16-13-18(14-17-32)23-12-15-30-33-26(27(29)35)25(31-28(23)33)19-4-6-21(7-5-19)37-22-10-8-20(36-2)9-11-22/h3-11,18,23,30H,1,12-17H2,2H3,(H2,29,35). The lowest BCUT2D eigenvalue weighted by Crippen LogP contribution is -2.41. The molecule has 0 saturated carbocycles. The number of primary amides is 1. The highest BCUT2D eigenvalue weighted by molar-refractivity contribution is 5.97. The summed E-state index contributed by atoms with van der Waals surface area (Å²) in [4.78, 5) is 31.3. The van der Waals surface area contributed by atoms with E-state index in [9.17, 15) is 9.59 Å². The molecule has 1 fully saturated rings. The summed E-state index contributed by atoms with van der Waals surface area (Å²) < 4.78 is 12.9. The summed E-state index contributed by atoms with van der Waals surface area (Å²) in [5, 5.41) is 0. The summed E-state index contributed by atoms with van der Waals surface area (Å²) in [6, 6.07) is 14.8. The first-order valence-corrected chi connectivity index (χ1v) is 12.5. The van der Waals surface area contributed by atoms with Crippen molar-refractivity contribution in [1.82, 2.24) is 14.6 Å². The van der Waals surface area contributed by atoms with E-state index >= 15 is 0 Å². The van der Waals surface area contributed by atoms with Gasteiger partial charge in [0.15, 0.2) is 5.69 Å². The van der Waals surface area contributed by atoms with Crippen LogP contribution in [-0.2, 0) is 4.79 Å². The Labute approximate surface area is 215 Å². The normalized spacial score (nSPS) is 17.4. The number of hydrogen-bond acceptors (Lipinski definition) is 6. The zero-order valence-electron chi connectivity index (χ0n) is 20.9. The van der Waals surface area contributed by atoms with Gasteiger partial charge in [0, 0.05) is 31.1 Å². The number of amides is 2. The molecule has 9 heteroatoms. The van der Waals surface area contributed by atoms with Crippen LogP contribution in [0.4, 0.5) is 0 Å². The summed E-state index contributed by atoms with van der Waals surface area (Å²) in [7, 11) is 1.62. The molecule has 2 aliphatic heterocycles. The van der Waals surface area contributed by atoms with E-state index in [4.69, 9.17) is 20.2 Å². The van der Waals surface area contributed by atoms with Crippen LogP contribution in [0.1, 0.15) is 41.5 Å². The Morgan fingerprint density at radius 2 is 1.65 bits per heavy atom. The number of aromatic nitrogens is 2. The van der Waals surface area contributed by atoms with Gasteiger partial charge in [0.25, 0.3) is 5.91 Å². The number of benzene rings is 2. The Balaban J connectivity index is 1.39. The number of nitrogens with two attached hydrogens (primary N) is 1. The molecule has 2 aliphatic rings. The Hall–Kier alpha value is -4.27. The third kappa shape index (κ3) is 4.89. The van der Waals surface area contributed by atoms with Crippen LogP contribution in [0, 0.1) is 5.92 Å². The SMILES string of the molecule is C=CC(=O)N1CCC(C2CCNn3c2nc(-c2ccc(Oc4ccc(OC)cc4)cc2)c3C(N)=O)CC1. The van der Waals surface area contributed by atoms with Crippen molar-refractivity contribution in [3.05, 3.63) is 72.7 Å². The summed E-state index contributed by atoms with van der Waals surface area (Å²) in [6.07, 6.45) is 4.05. The predicted molar refractivity (Wildman–Crippen MR) is 140 cm³/mol. The first-order valence-electron chi connectivity index (χ1n) is 12.5. The van der Waals surface area contributed by atoms with E-state index in [-0.39, 0.29) is 11.8 Å². The lowest BCUT2D eigenvalue weighted by atomic mass is 9.81. The van der Waals surface area contributed by atoms with Crippen molar-refractivity contribution in [2.24, 2.45) is 11.7 Å². The summed E-state index contributed by atoms with van der Waals surface area (Å²) >= 11 is 0. The van der Waals surface area contributed by atoms with E-state index in [0.29, 0.717) is 48.4 Å². The number of fused-ring (bicyclic) bond motifs is 1. The van der Waals surface area contributed by atoms with Crippen LogP contribution >= 0.6 is 0 Å². The van der Waals surface area contributed by atoms with Crippen LogP contribution in [0.3, 0.4) is 0 Å². The van der Waals surface area contributed by atoms with E-state index in [2.05, 4.69) is 12.0 Å². The second-order valence-corrected chi connectivity index (χ2v) is 9.34. The molecule has 0 radical (unpaired) electrons. The summed E-state index contributed by atoms with van der Waals surface area (Å²) in [6.45, 7) is 5.71. The molecule has 3 N–H and O–H groups in total. The van der Waals surface area contributed by atoms with Crippen LogP contribution in [-0.4, -0.2) is 53.1 Å². The molecular weight excluding hydrogens is 470 g/mol. The Morgan fingerprint density at radius 3 is 2.24 bits per heavy atom. The largest absolute Gasteiger partial charge is 0.497 e. The number of nitrogens with zero attached hydrogens (tertiary/aromatic N) is 3. The first-order chi connectivity index (χ1) is 18.0. The lowest BCUT2D eigenvalue weighted by Gasteiger charge is -2.37. The van der Waals surface area contributed by atoms with Gasteiger partial charge in [-0.25, -0.2) is 9.66 Å². The molecular formula is C28H31N5O4. The third-order valence-electron chi connectivity index (χ3n) is 7.21. The number of nitrogens with one attached hydrogen (secondary N) is 1. The molecule has 1 atom stereocenters. The number of likely N-dealkylation sites (tertiary alicyclic amines) is 1. The van der Waals surface area contributed by atoms with Gasteiger partial charge in [-0.3, -0.25) is 9.59 Å². The number of imidazole rings is 1. The minimum absolute atomic E-state index is 0.0250. The van der Waals surface area contributed by atoms with Crippen LogP contribution in [0.5, 0.6) is 17.2 Å². The molecule has 37 heavy (non-hydrogen) atoms. The van der Waals surface area contributed by atoms with Crippen LogP contribution in [0.15, 0.2) is 61.2 Å². The molecule has 5 rings (SSSR count). The van der Waals surface area contributed by atoms with Crippen LogP contribution in [0.25, 0.3) is 11.3 Å². The molecule has 3 aromatic rings. The minimum atomic E-state index is -0.535. The van der Waals surface area contributed by atoms with Crippen LogP contribution in [0.2, 0.25) is 0 Å². The second kappa shape index (κ2) is 10.4. The smallest absolute Gasteiger partial charge is 0.269 e. The van der Waals surface area contributed by atoms with E-state index in [1.165, 1.54) is 6.08 Å². The minimum Gasteiger partial charge on any atom is -0.497 e. The van der Waals surface area contributed by atoms with Crippen molar-refractivity contribution in [2.75, 3.05) is 32.2 Å². The molecule has 1 unspecified atom stereocenters. The highest BCUT2D eigenvalue weighted by Gasteiger charge is 2.36. The van der Waals surface area contributed by atoms with E-state index in [1.807, 2.05) is 53.4 Å². The number of hydrogen-bond donors (Lipinski definition) is 2. The van der Waals surface area contributed by atoms with Gasteiger partial charge in [-0.1, -0.05) is 6.58 Å². The average molecular weight is 502 g/mol. The molecule has 1 saturated heterocycles. The molecule has 0 aliphatic carbocycles. The number of methoxy groups -OCH3 is 1. The fraction of sp³-hybridized carbons (Fsp3) is 0.321. The quantitative estimate of drug-likeness (QED) is 0.475. The fourth-order valence-corrected chi connectivity index (χ4v) is 5.29. The predicted octanol–water partition coefficient (Wildman–Crippen LogP) is 3.91. The third-order valence-corrected chi connectivity index (χ3v) is 7.21. The molecule has 0 spiro atoms. The number of piperidine rings is 1. The zero-order chi connectivity index (χ0) is 25.9. The first kappa shape index (κ1) is 24.4. The maximum Gasteiger partial charge on any atom is 0.269 e. The number of carbonyl (C=O) groups excluding carboxylic acids is 2. The van der Waals surface area contributed by atoms with E-state index in [0.717, 1.165) is 36.4 Å². The Morgan fingerprint density at radius 1 is 1.03 bits per heavy atom. The molecule has 1 aromatic heterocycles. The number of ether oxygens (including phenoxy) is 2. The highest BCUT2D eigenvalue weighted by Crippen LogP contribution is 2.39. The van der Waals surface area contributed by atoms with Crippen molar-refractivity contribution in [2.45, 2.75) is 25.2 Å². The molecule has 192 valence electrons. The summed E-state index contributed by atoms with van der Waals surface area (Å²) in [5.41, 5.74) is 10.8. The van der Waals surface area contributed by atoms with Crippen molar-refractivity contribution < 1.29 is 19.1 Å². The lowest BCUT2D eigenvalue weighted by molar-refractivity contribution is -0.127. The monoisotopic (exact) mass is 501 g/mol. The van der Waals surface area contributed by atoms with Crippen molar-refractivity contribution in [3.63, 3.8) is 0 Å². The fourth-order valence-electron chi connectivity index (χ4n) is 5.29. The Bertz CT molecular complexity index is 1290. The van der Waals surface area contributed by atoms with Gasteiger partial charge in [0.2, 0.25) is 5.91 Å². The average Bonchev–Trinajstić information content (AvgIpc) is 3.34. The van der Waals surface area contributed by atoms with Crippen molar-refractivity contribution >= 4 is 11.8 Å². The Kier molecular flexibility index (Phi) is 6.85. The maximum absolute atomic E-state index is 12.6.